The fourth-order valence-corrected chi connectivity index (χ4v) is 5.73. The molecule has 0 radical (unpaired) electrons. The molecule has 3 unspecified atom stereocenters. The van der Waals surface area contributed by atoms with Crippen molar-refractivity contribution in [2.24, 2.45) is 11.8 Å². The van der Waals surface area contributed by atoms with Crippen molar-refractivity contribution in [1.29, 1.82) is 0 Å². The van der Waals surface area contributed by atoms with Crippen LogP contribution in [0.3, 0.4) is 0 Å². The second-order valence-corrected chi connectivity index (χ2v) is 9.12. The first-order valence-corrected chi connectivity index (χ1v) is 11.1. The van der Waals surface area contributed by atoms with Crippen LogP contribution in [0.2, 0.25) is 0 Å². The number of rotatable bonds is 4. The van der Waals surface area contributed by atoms with Gasteiger partial charge < -0.3 is 9.69 Å². The van der Waals surface area contributed by atoms with Gasteiger partial charge >= 0.3 is 0 Å². The van der Waals surface area contributed by atoms with E-state index >= 15 is 0 Å². The lowest BCUT2D eigenvalue weighted by Crippen LogP contribution is -2.35. The fraction of sp³-hybridized carbons (Fsp3) is 0.222. The summed E-state index contributed by atoms with van der Waals surface area (Å²) in [5.41, 5.74) is 4.21. The third kappa shape index (κ3) is 2.86. The summed E-state index contributed by atoms with van der Waals surface area (Å²) in [7, 11) is 0. The predicted octanol–water partition coefficient (Wildman–Crippen LogP) is 4.31. The van der Waals surface area contributed by atoms with Crippen LogP contribution < -0.4 is 0 Å². The van der Waals surface area contributed by atoms with Gasteiger partial charge in [-0.05, 0) is 72.5 Å². The number of nitrogens with zero attached hydrogens (tertiary/aromatic N) is 3. The van der Waals surface area contributed by atoms with Gasteiger partial charge in [0.25, 0.3) is 5.91 Å². The number of hydrogen-bond donors (Lipinski definition) is 0. The Kier molecular flexibility index (Phi) is 4.27. The monoisotopic (exact) mass is 439 g/mol. The number of fused-ring (bicyclic) bond motifs is 2. The number of aromatic nitrogens is 2. The molecule has 1 aromatic heterocycles. The van der Waals surface area contributed by atoms with E-state index in [2.05, 4.69) is 17.2 Å². The van der Waals surface area contributed by atoms with Crippen LogP contribution in [-0.2, 0) is 10.2 Å². The highest BCUT2D eigenvalue weighted by Crippen LogP contribution is 2.64. The van der Waals surface area contributed by atoms with Gasteiger partial charge in [0.15, 0.2) is 0 Å². The number of aryl methyl sites for hydroxylation is 1. The number of benzene rings is 3. The zero-order chi connectivity index (χ0) is 22.7. The minimum absolute atomic E-state index is 0.00897. The van der Waals surface area contributed by atoms with Crippen molar-refractivity contribution >= 4 is 23.1 Å². The van der Waals surface area contributed by atoms with Gasteiger partial charge in [0.2, 0.25) is 0 Å². The third-order valence-electron chi connectivity index (χ3n) is 7.39. The van der Waals surface area contributed by atoms with Gasteiger partial charge in [-0.3, -0.25) is 4.79 Å². The summed E-state index contributed by atoms with van der Waals surface area (Å²) < 4.78 is 15.2. The molecule has 1 aliphatic heterocycles. The molecule has 5 nitrogen and oxygen atoms in total. The summed E-state index contributed by atoms with van der Waals surface area (Å²) in [6.45, 7) is 3.17. The number of piperidine rings is 1. The SMILES string of the molecule is Cc1cc2c(cnn2-c2ccc(F)cc2)cc1C12CN(C(=O)c3ccccc3)CC1C2C=O. The molecule has 1 amide bonds. The van der Waals surface area contributed by atoms with Crippen LogP contribution in [0.25, 0.3) is 16.6 Å². The van der Waals surface area contributed by atoms with Gasteiger partial charge in [-0.15, -0.1) is 0 Å². The number of aldehydes is 1. The van der Waals surface area contributed by atoms with Crippen molar-refractivity contribution in [3.8, 4) is 5.69 Å². The largest absolute Gasteiger partial charge is 0.337 e. The molecule has 2 aliphatic rings. The molecule has 6 heteroatoms. The van der Waals surface area contributed by atoms with Crippen LogP contribution in [-0.4, -0.2) is 40.0 Å². The summed E-state index contributed by atoms with van der Waals surface area (Å²) in [6, 6.07) is 19.7. The number of likely N-dealkylation sites (tertiary alicyclic amines) is 1. The maximum Gasteiger partial charge on any atom is 0.253 e. The highest BCUT2D eigenvalue weighted by molar-refractivity contribution is 5.95. The number of halogens is 1. The molecule has 164 valence electrons. The number of hydrogen-bond acceptors (Lipinski definition) is 3. The van der Waals surface area contributed by atoms with Crippen molar-refractivity contribution in [2.45, 2.75) is 12.3 Å². The van der Waals surface area contributed by atoms with E-state index in [9.17, 15) is 14.0 Å². The molecule has 1 aliphatic carbocycles. The maximum absolute atomic E-state index is 13.4. The molecule has 3 atom stereocenters. The van der Waals surface area contributed by atoms with E-state index in [1.165, 1.54) is 12.1 Å². The van der Waals surface area contributed by atoms with E-state index in [-0.39, 0.29) is 29.0 Å². The zero-order valence-electron chi connectivity index (χ0n) is 18.1. The Morgan fingerprint density at radius 1 is 1.12 bits per heavy atom. The second-order valence-electron chi connectivity index (χ2n) is 9.12. The Balaban J connectivity index is 1.38. The van der Waals surface area contributed by atoms with Crippen LogP contribution in [0.4, 0.5) is 4.39 Å². The lowest BCUT2D eigenvalue weighted by molar-refractivity contribution is -0.109. The predicted molar refractivity (Wildman–Crippen MR) is 123 cm³/mol. The molecule has 2 fully saturated rings. The molecule has 0 N–H and O–H groups in total. The molecule has 0 bridgehead atoms. The van der Waals surface area contributed by atoms with E-state index in [4.69, 9.17) is 0 Å². The van der Waals surface area contributed by atoms with Gasteiger partial charge in [-0.1, -0.05) is 18.2 Å². The van der Waals surface area contributed by atoms with Crippen LogP contribution in [0.5, 0.6) is 0 Å². The van der Waals surface area contributed by atoms with Crippen LogP contribution in [0.15, 0.2) is 72.9 Å². The van der Waals surface area contributed by atoms with E-state index in [1.54, 1.807) is 23.0 Å². The standard InChI is InChI=1S/C27H22FN3O2/c1-17-11-25-19(13-29-31(25)21-9-7-20(28)8-10-21)12-22(17)27-16-30(14-23(27)24(27)15-32)26(33)18-5-3-2-4-6-18/h2-13,15,23-24H,14,16H2,1H3. The molecule has 2 heterocycles. The van der Waals surface area contributed by atoms with Gasteiger partial charge in [0, 0.05) is 35.4 Å². The van der Waals surface area contributed by atoms with Crippen molar-refractivity contribution in [2.75, 3.05) is 13.1 Å². The van der Waals surface area contributed by atoms with E-state index in [0.717, 1.165) is 34.0 Å². The summed E-state index contributed by atoms with van der Waals surface area (Å²) in [5, 5.41) is 5.48. The minimum Gasteiger partial charge on any atom is -0.337 e. The van der Waals surface area contributed by atoms with E-state index in [0.29, 0.717) is 18.7 Å². The molecule has 0 spiro atoms. The van der Waals surface area contributed by atoms with Crippen molar-refractivity contribution < 1.29 is 14.0 Å². The summed E-state index contributed by atoms with van der Waals surface area (Å²) in [6.07, 6.45) is 2.86. The first-order chi connectivity index (χ1) is 16.0. The number of amides is 1. The Morgan fingerprint density at radius 2 is 1.88 bits per heavy atom. The topological polar surface area (TPSA) is 55.2 Å². The Hall–Kier alpha value is -3.80. The average Bonchev–Trinajstić information content (AvgIpc) is 3.12. The quantitative estimate of drug-likeness (QED) is 0.445. The van der Waals surface area contributed by atoms with Crippen molar-refractivity contribution in [1.82, 2.24) is 14.7 Å². The van der Waals surface area contributed by atoms with Gasteiger partial charge in [0.05, 0.1) is 17.4 Å². The molecule has 4 aromatic rings. The first kappa shape index (κ1) is 19.9. The molecule has 6 rings (SSSR count). The molecule has 33 heavy (non-hydrogen) atoms. The van der Waals surface area contributed by atoms with Gasteiger partial charge in [-0.25, -0.2) is 9.07 Å². The third-order valence-corrected chi connectivity index (χ3v) is 7.39. The molecule has 1 saturated carbocycles. The number of carbonyl (C=O) groups is 2. The number of carbonyl (C=O) groups excluding carboxylic acids is 2. The average molecular weight is 439 g/mol. The smallest absolute Gasteiger partial charge is 0.253 e. The first-order valence-electron chi connectivity index (χ1n) is 11.1. The molecule has 3 aromatic carbocycles. The van der Waals surface area contributed by atoms with Crippen LogP contribution in [0, 0.1) is 24.6 Å². The summed E-state index contributed by atoms with van der Waals surface area (Å²) in [5.74, 6) is -0.232. The highest BCUT2D eigenvalue weighted by Gasteiger charge is 2.70. The van der Waals surface area contributed by atoms with E-state index < -0.39 is 0 Å². The molecular weight excluding hydrogens is 417 g/mol. The highest BCUT2D eigenvalue weighted by atomic mass is 19.1. The van der Waals surface area contributed by atoms with Crippen LogP contribution in [0.1, 0.15) is 21.5 Å². The summed E-state index contributed by atoms with van der Waals surface area (Å²) in [4.78, 5) is 26.9. The Labute approximate surface area is 190 Å². The lowest BCUT2D eigenvalue weighted by Gasteiger charge is -2.24. The molecular formula is C27H22FN3O2. The second kappa shape index (κ2) is 7.10. The van der Waals surface area contributed by atoms with E-state index in [1.807, 2.05) is 42.2 Å². The Morgan fingerprint density at radius 3 is 2.61 bits per heavy atom. The molecule has 1 saturated heterocycles. The van der Waals surface area contributed by atoms with Gasteiger partial charge in [-0.2, -0.15) is 5.10 Å². The Bertz CT molecular complexity index is 1400. The fourth-order valence-electron chi connectivity index (χ4n) is 5.73. The summed E-state index contributed by atoms with van der Waals surface area (Å²) >= 11 is 0. The maximum atomic E-state index is 13.4. The zero-order valence-corrected chi connectivity index (χ0v) is 18.1. The van der Waals surface area contributed by atoms with Crippen molar-refractivity contribution in [3.05, 3.63) is 95.4 Å². The minimum atomic E-state index is -0.345. The lowest BCUT2D eigenvalue weighted by atomic mass is 9.88. The van der Waals surface area contributed by atoms with Gasteiger partial charge in [0.1, 0.15) is 12.1 Å². The normalized spacial score (nSPS) is 23.5. The van der Waals surface area contributed by atoms with Crippen LogP contribution >= 0.6 is 0 Å². The van der Waals surface area contributed by atoms with Crippen molar-refractivity contribution in [3.63, 3.8) is 0 Å².